The number of carboxylic acids is 1. The molecule has 0 spiro atoms. The van der Waals surface area contributed by atoms with Crippen LogP contribution in [-0.4, -0.2) is 46.8 Å². The topological polar surface area (TPSA) is 116 Å². The molecule has 3 N–H and O–H groups in total. The zero-order valence-corrected chi connectivity index (χ0v) is 23.7. The maximum atomic E-state index is 13.3. The van der Waals surface area contributed by atoms with Gasteiger partial charge in [0.05, 0.1) is 27.6 Å². The summed E-state index contributed by atoms with van der Waals surface area (Å²) in [5.41, 5.74) is 4.34. The van der Waals surface area contributed by atoms with Crippen molar-refractivity contribution in [3.8, 4) is 0 Å². The van der Waals surface area contributed by atoms with Crippen LogP contribution in [0.1, 0.15) is 61.9 Å². The van der Waals surface area contributed by atoms with E-state index in [4.69, 9.17) is 23.2 Å². The van der Waals surface area contributed by atoms with Gasteiger partial charge in [-0.1, -0.05) is 65.7 Å². The fourth-order valence-corrected chi connectivity index (χ4v) is 6.35. The SMILES string of the molecule is O=C(NC[C@H](CC(=O)c1c(Cl)cc2c(c1Cl)CCN(C(=O)c1ccccc1)C2)C(=O)O)N[C@@H]1CCc2ccccc21. The third-order valence-electron chi connectivity index (χ3n) is 7.72. The molecule has 1 aliphatic heterocycles. The Hall–Kier alpha value is -3.88. The minimum atomic E-state index is -1.22. The van der Waals surface area contributed by atoms with Crippen LogP contribution in [0.5, 0.6) is 0 Å². The number of urea groups is 1. The van der Waals surface area contributed by atoms with Gasteiger partial charge in [-0.25, -0.2) is 4.79 Å². The van der Waals surface area contributed by atoms with Crippen molar-refractivity contribution in [1.82, 2.24) is 15.5 Å². The zero-order chi connectivity index (χ0) is 29.1. The summed E-state index contributed by atoms with van der Waals surface area (Å²) in [6.45, 7) is 0.467. The molecule has 1 heterocycles. The third-order valence-corrected chi connectivity index (χ3v) is 8.43. The summed E-state index contributed by atoms with van der Waals surface area (Å²) < 4.78 is 0. The van der Waals surface area contributed by atoms with E-state index >= 15 is 0 Å². The van der Waals surface area contributed by atoms with Gasteiger partial charge in [0.15, 0.2) is 5.78 Å². The second kappa shape index (κ2) is 12.3. The van der Waals surface area contributed by atoms with E-state index in [9.17, 15) is 24.3 Å². The van der Waals surface area contributed by atoms with Crippen LogP contribution in [0.2, 0.25) is 10.0 Å². The predicted molar refractivity (Wildman–Crippen MR) is 155 cm³/mol. The molecule has 8 nitrogen and oxygen atoms in total. The van der Waals surface area contributed by atoms with Gasteiger partial charge in [-0.2, -0.15) is 0 Å². The molecule has 0 saturated heterocycles. The van der Waals surface area contributed by atoms with Crippen LogP contribution in [-0.2, 0) is 24.2 Å². The quantitative estimate of drug-likeness (QED) is 0.300. The van der Waals surface area contributed by atoms with E-state index in [1.54, 1.807) is 35.2 Å². The summed E-state index contributed by atoms with van der Waals surface area (Å²) in [5, 5.41) is 15.5. The second-order valence-corrected chi connectivity index (χ2v) is 11.1. The zero-order valence-electron chi connectivity index (χ0n) is 22.2. The number of rotatable bonds is 8. The summed E-state index contributed by atoms with van der Waals surface area (Å²) in [4.78, 5) is 52.4. The fraction of sp³-hybridized carbons (Fsp3) is 0.290. The Morgan fingerprint density at radius 1 is 0.976 bits per heavy atom. The van der Waals surface area contributed by atoms with Crippen LogP contribution < -0.4 is 10.6 Å². The number of aliphatic carboxylic acids is 1. The highest BCUT2D eigenvalue weighted by molar-refractivity contribution is 6.40. The van der Waals surface area contributed by atoms with E-state index in [1.165, 1.54) is 5.56 Å². The molecular weight excluding hydrogens is 565 g/mol. The fourth-order valence-electron chi connectivity index (χ4n) is 5.55. The number of nitrogens with one attached hydrogen (secondary N) is 2. The van der Waals surface area contributed by atoms with Crippen LogP contribution >= 0.6 is 23.2 Å². The molecule has 2 aliphatic rings. The Bertz CT molecular complexity index is 1510. The molecule has 0 radical (unpaired) electrons. The lowest BCUT2D eigenvalue weighted by atomic mass is 9.92. The molecule has 10 heteroatoms. The van der Waals surface area contributed by atoms with Gasteiger partial charge in [0.25, 0.3) is 5.91 Å². The first kappa shape index (κ1) is 28.6. The lowest BCUT2D eigenvalue weighted by Crippen LogP contribution is -2.41. The molecule has 1 aliphatic carbocycles. The van der Waals surface area contributed by atoms with Gasteiger partial charge < -0.3 is 20.6 Å². The number of carboxylic acid groups (broad SMARTS) is 1. The van der Waals surface area contributed by atoms with E-state index in [2.05, 4.69) is 10.6 Å². The number of amides is 3. The number of Topliss-reactive ketones (excluding diaryl/α,β-unsaturated/α-hetero) is 1. The summed E-state index contributed by atoms with van der Waals surface area (Å²) in [6, 6.07) is 17.8. The Morgan fingerprint density at radius 2 is 1.71 bits per heavy atom. The van der Waals surface area contributed by atoms with Crippen molar-refractivity contribution in [2.45, 2.75) is 38.3 Å². The standard InChI is InChI=1S/C31H29Cl2N3O5/c32-24-14-21-17-36(29(38)19-7-2-1-3-8-19)13-12-23(21)28(33)27(24)26(37)15-20(30(39)40)16-34-31(41)35-25-11-10-18-6-4-5-9-22(18)25/h1-9,14,20,25H,10-13,15-17H2,(H,39,40)(H2,34,35,41)/t20-,25+/m0/s1. The van der Waals surface area contributed by atoms with Gasteiger partial charge in [-0.15, -0.1) is 0 Å². The Morgan fingerprint density at radius 3 is 2.46 bits per heavy atom. The number of ketones is 1. The summed E-state index contributed by atoms with van der Waals surface area (Å²) >= 11 is 13.2. The van der Waals surface area contributed by atoms with Crippen LogP contribution in [0.4, 0.5) is 4.79 Å². The van der Waals surface area contributed by atoms with Crippen molar-refractivity contribution in [3.05, 3.63) is 104 Å². The number of fused-ring (bicyclic) bond motifs is 2. The molecule has 3 aromatic carbocycles. The van der Waals surface area contributed by atoms with Gasteiger partial charge in [0.2, 0.25) is 0 Å². The molecule has 41 heavy (non-hydrogen) atoms. The van der Waals surface area contributed by atoms with Crippen LogP contribution in [0.3, 0.4) is 0 Å². The first-order valence-corrected chi connectivity index (χ1v) is 14.2. The van der Waals surface area contributed by atoms with Crippen molar-refractivity contribution >= 4 is 46.9 Å². The summed E-state index contributed by atoms with van der Waals surface area (Å²) in [6.07, 6.45) is 1.66. The smallest absolute Gasteiger partial charge is 0.315 e. The number of carbonyl (C=O) groups excluding carboxylic acids is 3. The van der Waals surface area contributed by atoms with Crippen molar-refractivity contribution in [1.29, 1.82) is 0 Å². The summed E-state index contributed by atoms with van der Waals surface area (Å²) in [7, 11) is 0. The van der Waals surface area contributed by atoms with E-state index < -0.39 is 30.1 Å². The molecule has 3 amide bonds. The van der Waals surface area contributed by atoms with E-state index in [1.807, 2.05) is 30.3 Å². The monoisotopic (exact) mass is 593 g/mol. The molecule has 0 bridgehead atoms. The lowest BCUT2D eigenvalue weighted by Gasteiger charge is -2.30. The number of benzene rings is 3. The molecule has 5 rings (SSSR count). The molecule has 0 aromatic heterocycles. The first-order valence-electron chi connectivity index (χ1n) is 13.4. The molecule has 0 saturated carbocycles. The largest absolute Gasteiger partial charge is 0.481 e. The summed E-state index contributed by atoms with van der Waals surface area (Å²) in [5.74, 6) is -3.03. The Balaban J connectivity index is 1.23. The Labute approximate surface area is 247 Å². The van der Waals surface area contributed by atoms with Crippen molar-refractivity contribution in [2.75, 3.05) is 13.1 Å². The third kappa shape index (κ3) is 6.24. The number of aryl methyl sites for hydroxylation is 1. The second-order valence-electron chi connectivity index (χ2n) is 10.3. The van der Waals surface area contributed by atoms with Gasteiger partial charge in [-0.05, 0) is 59.7 Å². The number of hydrogen-bond donors (Lipinski definition) is 3. The molecule has 212 valence electrons. The maximum absolute atomic E-state index is 13.3. The number of hydrogen-bond acceptors (Lipinski definition) is 4. The average Bonchev–Trinajstić information content (AvgIpc) is 3.37. The molecular formula is C31H29Cl2N3O5. The highest BCUT2D eigenvalue weighted by Gasteiger charge is 2.30. The highest BCUT2D eigenvalue weighted by atomic mass is 35.5. The van der Waals surface area contributed by atoms with Crippen LogP contribution in [0, 0.1) is 5.92 Å². The number of carbonyl (C=O) groups is 4. The molecule has 3 aromatic rings. The van der Waals surface area contributed by atoms with Gasteiger partial charge in [0, 0.05) is 31.6 Å². The first-order chi connectivity index (χ1) is 19.7. The van der Waals surface area contributed by atoms with Crippen molar-refractivity contribution in [3.63, 3.8) is 0 Å². The van der Waals surface area contributed by atoms with Crippen LogP contribution in [0.25, 0.3) is 0 Å². The molecule has 0 fully saturated rings. The van der Waals surface area contributed by atoms with Crippen molar-refractivity contribution in [2.24, 2.45) is 5.92 Å². The highest BCUT2D eigenvalue weighted by Crippen LogP contribution is 2.36. The van der Waals surface area contributed by atoms with Crippen molar-refractivity contribution < 1.29 is 24.3 Å². The Kier molecular flexibility index (Phi) is 8.61. The molecule has 0 unspecified atom stereocenters. The lowest BCUT2D eigenvalue weighted by molar-refractivity contribution is -0.141. The van der Waals surface area contributed by atoms with Gasteiger partial charge >= 0.3 is 12.0 Å². The predicted octanol–water partition coefficient (Wildman–Crippen LogP) is 5.45. The van der Waals surface area contributed by atoms with Gasteiger partial charge in [-0.3, -0.25) is 14.4 Å². The van der Waals surface area contributed by atoms with Crippen LogP contribution in [0.15, 0.2) is 60.7 Å². The normalized spacial score (nSPS) is 16.3. The van der Waals surface area contributed by atoms with Gasteiger partial charge in [0.1, 0.15) is 0 Å². The number of halogens is 2. The van der Waals surface area contributed by atoms with E-state index in [0.717, 1.165) is 29.5 Å². The number of nitrogens with zero attached hydrogens (tertiary/aromatic N) is 1. The average molecular weight is 594 g/mol. The minimum absolute atomic E-state index is 0.0631. The molecule has 2 atom stereocenters. The maximum Gasteiger partial charge on any atom is 0.315 e. The van der Waals surface area contributed by atoms with E-state index in [0.29, 0.717) is 25.1 Å². The van der Waals surface area contributed by atoms with E-state index in [-0.39, 0.29) is 34.1 Å². The minimum Gasteiger partial charge on any atom is -0.481 e.